The van der Waals surface area contributed by atoms with Crippen LogP contribution in [0.5, 0.6) is 5.75 Å². The maximum absolute atomic E-state index is 13.3. The number of carbonyl (C=O) groups is 3. The summed E-state index contributed by atoms with van der Waals surface area (Å²) in [6.07, 6.45) is 2.23. The van der Waals surface area contributed by atoms with Crippen LogP contribution in [0.15, 0.2) is 40.8 Å². The van der Waals surface area contributed by atoms with E-state index in [1.807, 2.05) is 24.3 Å². The molecular weight excluding hydrogens is 474 g/mol. The number of amides is 2. The van der Waals surface area contributed by atoms with Crippen molar-refractivity contribution in [3.05, 3.63) is 42.2 Å². The lowest BCUT2D eigenvalue weighted by Gasteiger charge is -2.47. The standard InChI is InChI=1S/C28H37N3O6/c1-27(2,3)30-18-9-12-23(28(4,16-18)26(34)35)31-14-13-20(25(31)33)29-24(32)22-11-10-21(37-22)17-7-6-8-19(15-17)36-5/h6-8,10-11,15,18,20,23,30H,9,12-14,16H2,1-5H3,(H,29,32)(H,34,35)/t18?,20-,23?,28?/m0/s1. The minimum absolute atomic E-state index is 0.0586. The zero-order chi connectivity index (χ0) is 27.0. The normalized spacial score (nSPS) is 26.2. The molecule has 1 saturated carbocycles. The van der Waals surface area contributed by atoms with Crippen LogP contribution in [0.1, 0.15) is 63.9 Å². The average Bonchev–Trinajstić information content (AvgIpc) is 3.46. The van der Waals surface area contributed by atoms with Crippen LogP contribution in [0.3, 0.4) is 0 Å². The minimum atomic E-state index is -1.08. The number of carboxylic acids is 1. The van der Waals surface area contributed by atoms with Crippen LogP contribution in [0, 0.1) is 5.41 Å². The van der Waals surface area contributed by atoms with Gasteiger partial charge < -0.3 is 29.8 Å². The van der Waals surface area contributed by atoms with Gasteiger partial charge in [-0.2, -0.15) is 0 Å². The second-order valence-corrected chi connectivity index (χ2v) is 11.4. The zero-order valence-corrected chi connectivity index (χ0v) is 22.2. The van der Waals surface area contributed by atoms with E-state index in [4.69, 9.17) is 9.15 Å². The SMILES string of the molecule is COc1cccc(-c2ccc(C(=O)N[C@H]3CCN(C4CCC(NC(C)(C)C)CC4(C)C(=O)O)C3=O)o2)c1. The highest BCUT2D eigenvalue weighted by atomic mass is 16.5. The number of carboxylic acid groups (broad SMARTS) is 1. The third kappa shape index (κ3) is 5.66. The summed E-state index contributed by atoms with van der Waals surface area (Å²) in [7, 11) is 1.58. The van der Waals surface area contributed by atoms with Crippen molar-refractivity contribution >= 4 is 17.8 Å². The number of rotatable bonds is 7. The Bertz CT molecular complexity index is 1170. The molecular formula is C28H37N3O6. The van der Waals surface area contributed by atoms with Gasteiger partial charge in [-0.15, -0.1) is 0 Å². The van der Waals surface area contributed by atoms with Crippen LogP contribution in [0.4, 0.5) is 0 Å². The fourth-order valence-electron chi connectivity index (χ4n) is 5.66. The summed E-state index contributed by atoms with van der Waals surface area (Å²) < 4.78 is 11.0. The first kappa shape index (κ1) is 26.7. The molecule has 4 atom stereocenters. The number of nitrogens with zero attached hydrogens (tertiary/aromatic N) is 1. The number of nitrogens with one attached hydrogen (secondary N) is 2. The van der Waals surface area contributed by atoms with Gasteiger partial charge in [0.2, 0.25) is 5.91 Å². The highest BCUT2D eigenvalue weighted by Gasteiger charge is 2.52. The molecule has 0 spiro atoms. The molecule has 3 unspecified atom stereocenters. The average molecular weight is 512 g/mol. The van der Waals surface area contributed by atoms with Crippen LogP contribution in [-0.2, 0) is 9.59 Å². The van der Waals surface area contributed by atoms with E-state index >= 15 is 0 Å². The van der Waals surface area contributed by atoms with Gasteiger partial charge in [0.05, 0.1) is 12.5 Å². The Morgan fingerprint density at radius 1 is 1.16 bits per heavy atom. The van der Waals surface area contributed by atoms with E-state index in [0.29, 0.717) is 37.3 Å². The molecule has 4 rings (SSSR count). The van der Waals surface area contributed by atoms with Crippen molar-refractivity contribution in [1.29, 1.82) is 0 Å². The summed E-state index contributed by atoms with van der Waals surface area (Å²) in [5.41, 5.74) is -0.442. The number of ether oxygens (including phenoxy) is 1. The van der Waals surface area contributed by atoms with Gasteiger partial charge in [-0.05, 0) is 77.6 Å². The molecule has 2 aromatic rings. The van der Waals surface area contributed by atoms with E-state index < -0.39 is 29.4 Å². The smallest absolute Gasteiger partial charge is 0.311 e. The predicted molar refractivity (Wildman–Crippen MR) is 138 cm³/mol. The molecule has 1 aromatic carbocycles. The molecule has 0 radical (unpaired) electrons. The van der Waals surface area contributed by atoms with Crippen molar-refractivity contribution in [1.82, 2.24) is 15.5 Å². The van der Waals surface area contributed by atoms with Gasteiger partial charge in [-0.1, -0.05) is 12.1 Å². The fraction of sp³-hybridized carbons (Fsp3) is 0.536. The van der Waals surface area contributed by atoms with Gasteiger partial charge in [0, 0.05) is 29.7 Å². The van der Waals surface area contributed by atoms with Gasteiger partial charge in [-0.25, -0.2) is 0 Å². The van der Waals surface area contributed by atoms with Crippen LogP contribution >= 0.6 is 0 Å². The molecule has 200 valence electrons. The van der Waals surface area contributed by atoms with Gasteiger partial charge in [0.15, 0.2) is 5.76 Å². The first-order valence-corrected chi connectivity index (χ1v) is 12.8. The quantitative estimate of drug-likeness (QED) is 0.518. The monoisotopic (exact) mass is 511 g/mol. The predicted octanol–water partition coefficient (Wildman–Crippen LogP) is 3.69. The number of methoxy groups -OCH3 is 1. The third-order valence-electron chi connectivity index (χ3n) is 7.43. The summed E-state index contributed by atoms with van der Waals surface area (Å²) in [4.78, 5) is 40.3. The lowest BCUT2D eigenvalue weighted by molar-refractivity contribution is -0.158. The van der Waals surface area contributed by atoms with Gasteiger partial charge in [0.25, 0.3) is 5.91 Å². The number of aliphatic carboxylic acids is 1. The summed E-state index contributed by atoms with van der Waals surface area (Å²) in [5, 5.41) is 16.5. The lowest BCUT2D eigenvalue weighted by atomic mass is 9.68. The number of hydrogen-bond acceptors (Lipinski definition) is 6. The Hall–Kier alpha value is -3.33. The molecule has 1 aromatic heterocycles. The van der Waals surface area contributed by atoms with Crippen LogP contribution in [0.25, 0.3) is 11.3 Å². The second kappa shape index (κ2) is 10.2. The highest BCUT2D eigenvalue weighted by molar-refractivity contribution is 5.96. The third-order valence-corrected chi connectivity index (χ3v) is 7.43. The van der Waals surface area contributed by atoms with Crippen molar-refractivity contribution in [3.8, 4) is 17.1 Å². The van der Waals surface area contributed by atoms with Gasteiger partial charge in [-0.3, -0.25) is 14.4 Å². The molecule has 9 nitrogen and oxygen atoms in total. The van der Waals surface area contributed by atoms with E-state index in [0.717, 1.165) is 12.0 Å². The van der Waals surface area contributed by atoms with E-state index in [1.54, 1.807) is 31.1 Å². The molecule has 1 saturated heterocycles. The van der Waals surface area contributed by atoms with Crippen molar-refractivity contribution in [2.75, 3.05) is 13.7 Å². The van der Waals surface area contributed by atoms with Gasteiger partial charge in [0.1, 0.15) is 17.6 Å². The Balaban J connectivity index is 1.43. The molecule has 0 bridgehead atoms. The molecule has 1 aliphatic heterocycles. The van der Waals surface area contributed by atoms with Crippen molar-refractivity contribution in [3.63, 3.8) is 0 Å². The second-order valence-electron chi connectivity index (χ2n) is 11.4. The molecule has 2 fully saturated rings. The summed E-state index contributed by atoms with van der Waals surface area (Å²) >= 11 is 0. The highest BCUT2D eigenvalue weighted by Crippen LogP contribution is 2.41. The zero-order valence-electron chi connectivity index (χ0n) is 22.2. The Morgan fingerprint density at radius 3 is 2.59 bits per heavy atom. The molecule has 2 amide bonds. The Kier molecular flexibility index (Phi) is 7.37. The molecule has 37 heavy (non-hydrogen) atoms. The summed E-state index contributed by atoms with van der Waals surface area (Å²) in [6.45, 7) is 8.33. The Labute approximate surface area is 217 Å². The van der Waals surface area contributed by atoms with E-state index in [1.165, 1.54) is 0 Å². The number of furan rings is 1. The van der Waals surface area contributed by atoms with E-state index in [2.05, 4.69) is 31.4 Å². The number of hydrogen-bond donors (Lipinski definition) is 3. The van der Waals surface area contributed by atoms with Crippen LogP contribution in [0.2, 0.25) is 0 Å². The molecule has 2 heterocycles. The van der Waals surface area contributed by atoms with Gasteiger partial charge >= 0.3 is 5.97 Å². The topological polar surface area (TPSA) is 121 Å². The molecule has 9 heteroatoms. The minimum Gasteiger partial charge on any atom is -0.497 e. The Morgan fingerprint density at radius 2 is 1.92 bits per heavy atom. The first-order chi connectivity index (χ1) is 17.4. The number of likely N-dealkylation sites (tertiary alicyclic amines) is 1. The largest absolute Gasteiger partial charge is 0.497 e. The first-order valence-electron chi connectivity index (χ1n) is 12.8. The van der Waals surface area contributed by atoms with Crippen molar-refractivity contribution in [2.24, 2.45) is 5.41 Å². The van der Waals surface area contributed by atoms with Crippen LogP contribution < -0.4 is 15.4 Å². The van der Waals surface area contributed by atoms with E-state index in [9.17, 15) is 19.5 Å². The van der Waals surface area contributed by atoms with Crippen molar-refractivity contribution < 1.29 is 28.6 Å². The fourth-order valence-corrected chi connectivity index (χ4v) is 5.66. The number of carbonyl (C=O) groups excluding carboxylic acids is 2. The maximum Gasteiger partial charge on any atom is 0.311 e. The molecule has 3 N–H and O–H groups in total. The van der Waals surface area contributed by atoms with Crippen molar-refractivity contribution in [2.45, 2.75) is 77.0 Å². The molecule has 2 aliphatic rings. The van der Waals surface area contributed by atoms with E-state index in [-0.39, 0.29) is 23.2 Å². The van der Waals surface area contributed by atoms with Crippen LogP contribution in [-0.4, -0.2) is 65.1 Å². The molecule has 1 aliphatic carbocycles. The lowest BCUT2D eigenvalue weighted by Crippen LogP contribution is -2.59. The number of benzene rings is 1. The maximum atomic E-state index is 13.3. The summed E-state index contributed by atoms with van der Waals surface area (Å²) in [5.74, 6) is -0.331. The summed E-state index contributed by atoms with van der Waals surface area (Å²) in [6, 6.07) is 9.50.